The third-order valence-electron chi connectivity index (χ3n) is 6.01. The third-order valence-corrected chi connectivity index (χ3v) is 8.59. The molecule has 0 saturated carbocycles. The molecule has 0 bridgehead atoms. The summed E-state index contributed by atoms with van der Waals surface area (Å²) in [6.07, 6.45) is -7.68. The summed E-state index contributed by atoms with van der Waals surface area (Å²) in [7, 11) is 3.46. The first-order chi connectivity index (χ1) is 19.0. The molecule has 0 aliphatic heterocycles. The maximum atomic E-state index is 11.8. The molecular formula is C24H48N2O12S2. The summed E-state index contributed by atoms with van der Waals surface area (Å²) in [5, 5.41) is 99.1. The molecule has 40 heavy (non-hydrogen) atoms. The summed E-state index contributed by atoms with van der Waals surface area (Å²) >= 11 is 0. The lowest BCUT2D eigenvalue weighted by Gasteiger charge is -2.25. The van der Waals surface area contributed by atoms with Crippen LogP contribution in [0.2, 0.25) is 0 Å². The second-order valence-electron chi connectivity index (χ2n) is 9.47. The van der Waals surface area contributed by atoms with Gasteiger partial charge in [0, 0.05) is 37.4 Å². The Bertz CT molecular complexity index is 615. The van der Waals surface area contributed by atoms with Crippen LogP contribution in [0.3, 0.4) is 0 Å². The molecule has 0 aliphatic rings. The lowest BCUT2D eigenvalue weighted by Crippen LogP contribution is -2.49. The van der Waals surface area contributed by atoms with Gasteiger partial charge in [-0.3, -0.25) is 9.59 Å². The van der Waals surface area contributed by atoms with Crippen LogP contribution in [-0.4, -0.2) is 150 Å². The number of hydrogen-bond acceptors (Lipinski definition) is 14. The van der Waals surface area contributed by atoms with Gasteiger partial charge < -0.3 is 61.7 Å². The molecule has 0 fully saturated rings. The van der Waals surface area contributed by atoms with E-state index in [0.29, 0.717) is 12.8 Å². The van der Waals surface area contributed by atoms with Crippen LogP contribution in [0.4, 0.5) is 0 Å². The van der Waals surface area contributed by atoms with E-state index >= 15 is 0 Å². The predicted octanol–water partition coefficient (Wildman–Crippen LogP) is -3.41. The quantitative estimate of drug-likeness (QED) is 0.0351. The average Bonchev–Trinajstić information content (AvgIpc) is 2.96. The molecule has 12 N–H and O–H groups in total. The van der Waals surface area contributed by atoms with E-state index in [0.717, 1.165) is 37.2 Å². The molecule has 0 aliphatic carbocycles. The minimum atomic E-state index is -1.73. The molecule has 0 aromatic carbocycles. The van der Waals surface area contributed by atoms with Crippen LogP contribution < -0.4 is 10.6 Å². The number of unbranched alkanes of at least 4 members (excludes halogenated alkanes) is 4. The summed E-state index contributed by atoms with van der Waals surface area (Å²) in [5.74, 6) is 1.24. The molecule has 0 radical (unpaired) electrons. The van der Waals surface area contributed by atoms with Gasteiger partial charge in [-0.1, -0.05) is 34.4 Å². The average molecular weight is 621 g/mol. The monoisotopic (exact) mass is 620 g/mol. The largest absolute Gasteiger partial charge is 0.394 e. The van der Waals surface area contributed by atoms with Crippen molar-refractivity contribution < 1.29 is 60.7 Å². The first kappa shape index (κ1) is 39.2. The number of hydrogen-bond donors (Lipinski definition) is 12. The Morgan fingerprint density at radius 3 is 1.15 bits per heavy atom. The van der Waals surface area contributed by atoms with Gasteiger partial charge in [-0.2, -0.15) is 0 Å². The minimum Gasteiger partial charge on any atom is -0.394 e. The summed E-state index contributed by atoms with van der Waals surface area (Å²) in [5.41, 5.74) is 0. The van der Waals surface area contributed by atoms with Gasteiger partial charge in [0.05, 0.1) is 25.4 Å². The molecule has 0 unspecified atom stereocenters. The maximum absolute atomic E-state index is 11.8. The van der Waals surface area contributed by atoms with Crippen LogP contribution in [0.25, 0.3) is 0 Å². The lowest BCUT2D eigenvalue weighted by atomic mass is 10.0. The molecule has 238 valence electrons. The fourth-order valence-corrected chi connectivity index (χ4v) is 5.64. The first-order valence-electron chi connectivity index (χ1n) is 13.4. The van der Waals surface area contributed by atoms with Crippen LogP contribution in [0.15, 0.2) is 0 Å². The first-order valence-corrected chi connectivity index (χ1v) is 15.9. The Hall–Kier alpha value is -0.760. The van der Waals surface area contributed by atoms with E-state index < -0.39 is 62.0 Å². The van der Waals surface area contributed by atoms with Crippen LogP contribution >= 0.6 is 21.6 Å². The zero-order chi connectivity index (χ0) is 30.5. The van der Waals surface area contributed by atoms with Gasteiger partial charge in [-0.15, -0.1) is 0 Å². The predicted molar refractivity (Wildman–Crippen MR) is 150 cm³/mol. The van der Waals surface area contributed by atoms with Gasteiger partial charge in [0.2, 0.25) is 11.8 Å². The molecule has 0 rings (SSSR count). The smallest absolute Gasteiger partial charge is 0.220 e. The normalized spacial score (nSPS) is 17.8. The molecular weight excluding hydrogens is 572 g/mol. The number of carbonyl (C=O) groups excluding carboxylic acids is 2. The Balaban J connectivity index is 3.66. The van der Waals surface area contributed by atoms with Crippen molar-refractivity contribution in [2.45, 2.75) is 100 Å². The van der Waals surface area contributed by atoms with E-state index in [4.69, 9.17) is 10.2 Å². The second kappa shape index (κ2) is 23.8. The Morgan fingerprint density at radius 1 is 0.500 bits per heavy atom. The Morgan fingerprint density at radius 2 is 0.825 bits per heavy atom. The van der Waals surface area contributed by atoms with Crippen LogP contribution in [0, 0.1) is 0 Å². The molecule has 0 saturated heterocycles. The molecule has 0 heterocycles. The van der Waals surface area contributed by atoms with Crippen molar-refractivity contribution in [2.75, 3.05) is 37.8 Å². The Labute approximate surface area is 242 Å². The molecule has 16 heteroatoms. The zero-order valence-electron chi connectivity index (χ0n) is 22.6. The van der Waals surface area contributed by atoms with E-state index in [1.165, 1.54) is 0 Å². The highest BCUT2D eigenvalue weighted by Crippen LogP contribution is 2.24. The van der Waals surface area contributed by atoms with Gasteiger partial charge in [0.25, 0.3) is 0 Å². The molecule has 14 nitrogen and oxygen atoms in total. The lowest BCUT2D eigenvalue weighted by molar-refractivity contribution is -0.126. The number of rotatable bonds is 25. The van der Waals surface area contributed by atoms with Gasteiger partial charge in [0.15, 0.2) is 0 Å². The fraction of sp³-hybridized carbons (Fsp3) is 0.917. The van der Waals surface area contributed by atoms with Crippen LogP contribution in [0.1, 0.15) is 51.4 Å². The van der Waals surface area contributed by atoms with Crippen molar-refractivity contribution in [1.82, 2.24) is 10.6 Å². The van der Waals surface area contributed by atoms with Crippen LogP contribution in [0.5, 0.6) is 0 Å². The van der Waals surface area contributed by atoms with E-state index in [1.54, 1.807) is 21.6 Å². The van der Waals surface area contributed by atoms with Gasteiger partial charge >= 0.3 is 0 Å². The number of amides is 2. The van der Waals surface area contributed by atoms with Crippen molar-refractivity contribution in [1.29, 1.82) is 0 Å². The third kappa shape index (κ3) is 17.9. The molecule has 0 spiro atoms. The van der Waals surface area contributed by atoms with Crippen molar-refractivity contribution in [2.24, 2.45) is 0 Å². The summed E-state index contributed by atoms with van der Waals surface area (Å²) in [6.45, 7) is -2.12. The zero-order valence-corrected chi connectivity index (χ0v) is 24.3. The standard InChI is InChI=1S/C24H48N2O12S2/c27-13-17(31)23(37)21(35)15(29)11-25-19(33)7-3-1-5-9-39-40-10-6-2-4-8-20(34)26-12-16(30)22(36)24(38)18(32)14-28/h15-18,21-24,27-32,35-38H,1-14H2,(H,25,33)(H,26,34)/t15-,16-,17+,18+,21+,22+,23+,24+/m0/s1. The van der Waals surface area contributed by atoms with E-state index in [-0.39, 0.29) is 37.7 Å². The van der Waals surface area contributed by atoms with Gasteiger partial charge in [-0.25, -0.2) is 0 Å². The molecule has 2 amide bonds. The summed E-state index contributed by atoms with van der Waals surface area (Å²) in [6, 6.07) is 0. The number of aliphatic hydroxyl groups is 10. The highest BCUT2D eigenvalue weighted by atomic mass is 33.1. The van der Waals surface area contributed by atoms with E-state index in [2.05, 4.69) is 10.6 Å². The topological polar surface area (TPSA) is 260 Å². The molecule has 0 aromatic heterocycles. The Kier molecular flexibility index (Phi) is 23.3. The van der Waals surface area contributed by atoms with Crippen molar-refractivity contribution in [3.63, 3.8) is 0 Å². The van der Waals surface area contributed by atoms with Crippen molar-refractivity contribution in [3.8, 4) is 0 Å². The summed E-state index contributed by atoms with van der Waals surface area (Å²) in [4.78, 5) is 23.7. The van der Waals surface area contributed by atoms with Crippen LogP contribution in [-0.2, 0) is 9.59 Å². The van der Waals surface area contributed by atoms with Gasteiger partial charge in [0.1, 0.15) is 36.6 Å². The second-order valence-corrected chi connectivity index (χ2v) is 12.2. The molecule has 8 atom stereocenters. The van der Waals surface area contributed by atoms with Crippen molar-refractivity contribution in [3.05, 3.63) is 0 Å². The van der Waals surface area contributed by atoms with E-state index in [1.807, 2.05) is 0 Å². The number of aliphatic hydroxyl groups excluding tert-OH is 10. The fourth-order valence-electron chi connectivity index (χ4n) is 3.35. The minimum absolute atomic E-state index is 0.254. The molecule has 0 aromatic rings. The van der Waals surface area contributed by atoms with E-state index in [9.17, 15) is 50.4 Å². The SMILES string of the molecule is O=C(CCCCCSSCCCCCC(=O)NC[C@H](O)[C@@H](O)[C@H](O)[C@H](O)CO)NC[C@H](O)[C@@H](O)[C@H](O)[C@H](O)CO. The number of nitrogens with one attached hydrogen (secondary N) is 2. The summed E-state index contributed by atoms with van der Waals surface area (Å²) < 4.78 is 0. The highest BCUT2D eigenvalue weighted by Gasteiger charge is 2.31. The highest BCUT2D eigenvalue weighted by molar-refractivity contribution is 8.76. The van der Waals surface area contributed by atoms with Crippen molar-refractivity contribution >= 4 is 33.4 Å². The maximum Gasteiger partial charge on any atom is 0.220 e. The van der Waals surface area contributed by atoms with Gasteiger partial charge in [-0.05, 0) is 25.7 Å². The number of carbonyl (C=O) groups is 2.